The first kappa shape index (κ1) is 15.5. The van der Waals surface area contributed by atoms with Gasteiger partial charge in [-0.25, -0.2) is 0 Å². The van der Waals surface area contributed by atoms with Gasteiger partial charge in [0.25, 0.3) is 0 Å². The van der Waals surface area contributed by atoms with Crippen molar-refractivity contribution < 1.29 is 0 Å². The average molecular weight is 275 g/mol. The maximum atomic E-state index is 6.53. The first-order valence-electron chi connectivity index (χ1n) is 7.67. The highest BCUT2D eigenvalue weighted by Gasteiger charge is 2.26. The van der Waals surface area contributed by atoms with Gasteiger partial charge in [0.05, 0.1) is 0 Å². The molecule has 2 atom stereocenters. The van der Waals surface area contributed by atoms with Crippen LogP contribution in [0.4, 0.5) is 0 Å². The van der Waals surface area contributed by atoms with Crippen LogP contribution in [0.3, 0.4) is 0 Å². The molecule has 0 aliphatic carbocycles. The molecular weight excluding hydrogens is 246 g/mol. The minimum Gasteiger partial charge on any atom is -0.326 e. The van der Waals surface area contributed by atoms with Crippen LogP contribution in [0.15, 0.2) is 18.2 Å². The lowest BCUT2D eigenvalue weighted by Gasteiger charge is -2.32. The molecule has 2 unspecified atom stereocenters. The molecule has 0 amide bonds. The average Bonchev–Trinajstić information content (AvgIpc) is 2.49. The molecule has 20 heavy (non-hydrogen) atoms. The number of benzene rings is 1. The standard InChI is InChI=1S/C17H29N3/c1-13-8-14(2)10-15(9-13)11-16(18)17-12-19(3)6-5-7-20(17)4/h8-10,16-17H,5-7,11-12,18H2,1-4H3. The van der Waals surface area contributed by atoms with Crippen LogP contribution in [0.25, 0.3) is 0 Å². The summed E-state index contributed by atoms with van der Waals surface area (Å²) in [7, 11) is 4.42. The third-order valence-corrected chi connectivity index (χ3v) is 4.36. The van der Waals surface area contributed by atoms with Crippen molar-refractivity contribution in [3.8, 4) is 0 Å². The number of rotatable bonds is 3. The van der Waals surface area contributed by atoms with E-state index in [1.807, 2.05) is 0 Å². The normalized spacial score (nSPS) is 23.6. The van der Waals surface area contributed by atoms with Crippen LogP contribution in [0.5, 0.6) is 0 Å². The fourth-order valence-corrected chi connectivity index (χ4v) is 3.36. The lowest BCUT2D eigenvalue weighted by molar-refractivity contribution is 0.195. The van der Waals surface area contributed by atoms with Gasteiger partial charge in [0.15, 0.2) is 0 Å². The molecule has 3 nitrogen and oxygen atoms in total. The highest BCUT2D eigenvalue weighted by molar-refractivity contribution is 5.29. The summed E-state index contributed by atoms with van der Waals surface area (Å²) in [5.41, 5.74) is 10.6. The van der Waals surface area contributed by atoms with E-state index in [0.717, 1.165) is 19.5 Å². The Morgan fingerprint density at radius 1 is 1.15 bits per heavy atom. The van der Waals surface area contributed by atoms with Gasteiger partial charge in [-0.3, -0.25) is 0 Å². The van der Waals surface area contributed by atoms with Crippen molar-refractivity contribution in [1.29, 1.82) is 0 Å². The van der Waals surface area contributed by atoms with Crippen molar-refractivity contribution in [2.75, 3.05) is 33.7 Å². The van der Waals surface area contributed by atoms with Crippen LogP contribution in [0, 0.1) is 13.8 Å². The van der Waals surface area contributed by atoms with Gasteiger partial charge in [0, 0.05) is 18.6 Å². The molecule has 1 fully saturated rings. The van der Waals surface area contributed by atoms with Crippen LogP contribution in [-0.2, 0) is 6.42 Å². The van der Waals surface area contributed by atoms with Gasteiger partial charge >= 0.3 is 0 Å². The van der Waals surface area contributed by atoms with Crippen LogP contribution in [0.1, 0.15) is 23.1 Å². The van der Waals surface area contributed by atoms with Gasteiger partial charge in [-0.15, -0.1) is 0 Å². The molecule has 112 valence electrons. The van der Waals surface area contributed by atoms with Gasteiger partial charge in [-0.2, -0.15) is 0 Å². The Hall–Kier alpha value is -0.900. The van der Waals surface area contributed by atoms with Crippen molar-refractivity contribution in [2.45, 2.75) is 38.8 Å². The van der Waals surface area contributed by atoms with E-state index in [1.54, 1.807) is 0 Å². The van der Waals surface area contributed by atoms with E-state index in [4.69, 9.17) is 5.73 Å². The summed E-state index contributed by atoms with van der Waals surface area (Å²) in [6.45, 7) is 7.72. The van der Waals surface area contributed by atoms with E-state index in [1.165, 1.54) is 29.7 Å². The first-order chi connectivity index (χ1) is 9.45. The number of likely N-dealkylation sites (N-methyl/N-ethyl adjacent to an activating group) is 2. The Balaban J connectivity index is 2.07. The second-order valence-corrected chi connectivity index (χ2v) is 6.53. The molecule has 0 spiro atoms. The molecular formula is C17H29N3. The molecule has 2 N–H and O–H groups in total. The summed E-state index contributed by atoms with van der Waals surface area (Å²) in [4.78, 5) is 4.85. The zero-order chi connectivity index (χ0) is 14.7. The molecule has 1 aromatic rings. The van der Waals surface area contributed by atoms with Gasteiger partial charge < -0.3 is 15.5 Å². The Morgan fingerprint density at radius 3 is 2.45 bits per heavy atom. The van der Waals surface area contributed by atoms with Crippen molar-refractivity contribution in [3.05, 3.63) is 34.9 Å². The van der Waals surface area contributed by atoms with E-state index in [9.17, 15) is 0 Å². The lowest BCUT2D eigenvalue weighted by Crippen LogP contribution is -2.51. The predicted octanol–water partition coefficient (Wildman–Crippen LogP) is 1.81. The molecule has 0 bridgehead atoms. The van der Waals surface area contributed by atoms with E-state index in [2.05, 4.69) is 55.9 Å². The minimum absolute atomic E-state index is 0.196. The Bertz CT molecular complexity index is 424. The minimum atomic E-state index is 0.196. The summed E-state index contributed by atoms with van der Waals surface area (Å²) in [5.74, 6) is 0. The zero-order valence-corrected chi connectivity index (χ0v) is 13.4. The first-order valence-corrected chi connectivity index (χ1v) is 7.67. The maximum absolute atomic E-state index is 6.53. The fraction of sp³-hybridized carbons (Fsp3) is 0.647. The van der Waals surface area contributed by atoms with Crippen LogP contribution in [0.2, 0.25) is 0 Å². The number of hydrogen-bond donors (Lipinski definition) is 1. The zero-order valence-electron chi connectivity index (χ0n) is 13.4. The monoisotopic (exact) mass is 275 g/mol. The number of hydrogen-bond acceptors (Lipinski definition) is 3. The van der Waals surface area contributed by atoms with Crippen LogP contribution in [-0.4, -0.2) is 55.6 Å². The van der Waals surface area contributed by atoms with E-state index < -0.39 is 0 Å². The predicted molar refractivity (Wildman–Crippen MR) is 86.1 cm³/mol. The van der Waals surface area contributed by atoms with Crippen LogP contribution < -0.4 is 5.73 Å². The van der Waals surface area contributed by atoms with Gasteiger partial charge in [0.1, 0.15) is 0 Å². The Kier molecular flexibility index (Phi) is 5.19. The topological polar surface area (TPSA) is 32.5 Å². The fourth-order valence-electron chi connectivity index (χ4n) is 3.36. The summed E-state index contributed by atoms with van der Waals surface area (Å²) in [6, 6.07) is 7.41. The third-order valence-electron chi connectivity index (χ3n) is 4.36. The SMILES string of the molecule is Cc1cc(C)cc(CC(N)C2CN(C)CCCN2C)c1. The second kappa shape index (κ2) is 6.70. The summed E-state index contributed by atoms with van der Waals surface area (Å²) >= 11 is 0. The van der Waals surface area contributed by atoms with Crippen LogP contribution >= 0.6 is 0 Å². The second-order valence-electron chi connectivity index (χ2n) is 6.53. The summed E-state index contributed by atoms with van der Waals surface area (Å²) < 4.78 is 0. The quantitative estimate of drug-likeness (QED) is 0.913. The number of aryl methyl sites for hydroxylation is 2. The van der Waals surface area contributed by atoms with Crippen molar-refractivity contribution in [3.63, 3.8) is 0 Å². The smallest absolute Gasteiger partial charge is 0.0374 e. The molecule has 1 aliphatic heterocycles. The summed E-state index contributed by atoms with van der Waals surface area (Å²) in [6.07, 6.45) is 2.20. The number of nitrogens with two attached hydrogens (primary N) is 1. The van der Waals surface area contributed by atoms with Gasteiger partial charge in [0.2, 0.25) is 0 Å². The van der Waals surface area contributed by atoms with Gasteiger partial charge in [-0.05, 0) is 59.4 Å². The molecule has 1 saturated heterocycles. The van der Waals surface area contributed by atoms with Gasteiger partial charge in [-0.1, -0.05) is 29.3 Å². The molecule has 0 radical (unpaired) electrons. The molecule has 0 saturated carbocycles. The molecule has 1 heterocycles. The highest BCUT2D eigenvalue weighted by atomic mass is 15.2. The van der Waals surface area contributed by atoms with Crippen molar-refractivity contribution >= 4 is 0 Å². The molecule has 1 aliphatic rings. The van der Waals surface area contributed by atoms with E-state index in [-0.39, 0.29) is 6.04 Å². The molecule has 1 aromatic carbocycles. The molecule has 3 heteroatoms. The molecule has 0 aromatic heterocycles. The molecule has 2 rings (SSSR count). The lowest BCUT2D eigenvalue weighted by atomic mass is 9.96. The number of nitrogens with zero attached hydrogens (tertiary/aromatic N) is 2. The van der Waals surface area contributed by atoms with Crippen molar-refractivity contribution in [2.24, 2.45) is 5.73 Å². The Morgan fingerprint density at radius 2 is 1.80 bits per heavy atom. The highest BCUT2D eigenvalue weighted by Crippen LogP contribution is 2.15. The summed E-state index contributed by atoms with van der Waals surface area (Å²) in [5, 5.41) is 0. The maximum Gasteiger partial charge on any atom is 0.0374 e. The largest absolute Gasteiger partial charge is 0.326 e. The third kappa shape index (κ3) is 4.05. The van der Waals surface area contributed by atoms with E-state index >= 15 is 0 Å². The van der Waals surface area contributed by atoms with E-state index in [0.29, 0.717) is 6.04 Å². The van der Waals surface area contributed by atoms with Crippen molar-refractivity contribution in [1.82, 2.24) is 9.80 Å². The Labute approximate surface area is 123 Å².